The number of rotatable bonds is 8. The molecule has 7 aromatic rings. The van der Waals surface area contributed by atoms with E-state index in [9.17, 15) is 0 Å². The summed E-state index contributed by atoms with van der Waals surface area (Å²) in [5.74, 6) is 0. The summed E-state index contributed by atoms with van der Waals surface area (Å²) in [5, 5.41) is 23.3. The van der Waals surface area contributed by atoms with Crippen molar-refractivity contribution < 1.29 is 0 Å². The molecule has 60 heavy (non-hydrogen) atoms. The molecule has 9 rings (SSSR count). The molecule has 2 aliphatic rings. The van der Waals surface area contributed by atoms with E-state index in [1.807, 2.05) is 97.1 Å². The Morgan fingerprint density at radius 3 is 0.967 bits per heavy atom. The fourth-order valence-electron chi connectivity index (χ4n) is 7.41. The van der Waals surface area contributed by atoms with Gasteiger partial charge in [0.25, 0.3) is 0 Å². The van der Waals surface area contributed by atoms with Crippen molar-refractivity contribution in [3.8, 4) is 44.5 Å². The Morgan fingerprint density at radius 1 is 0.417 bits per heavy atom. The van der Waals surface area contributed by atoms with Crippen molar-refractivity contribution in [3.05, 3.63) is 186 Å². The van der Waals surface area contributed by atoms with Gasteiger partial charge < -0.3 is 9.97 Å². The molecule has 5 heterocycles. The minimum atomic E-state index is 0.474. The van der Waals surface area contributed by atoms with Crippen LogP contribution in [0.2, 0.25) is 0 Å². The molecular weight excluding hydrogens is 753 g/mol. The number of H-pyrrole nitrogens is 2. The molecule has 2 N–H and O–H groups in total. The number of fused-ring (bicyclic) bond motifs is 8. The van der Waals surface area contributed by atoms with Crippen molar-refractivity contribution in [2.75, 3.05) is 0 Å². The van der Waals surface area contributed by atoms with E-state index < -0.39 is 0 Å². The molecule has 0 spiro atoms. The van der Waals surface area contributed by atoms with Crippen molar-refractivity contribution in [2.24, 2.45) is 15.3 Å². The maximum Gasteiger partial charge on any atom is 0.0875 e. The zero-order valence-electron chi connectivity index (χ0n) is 31.1. The highest BCUT2D eigenvalue weighted by Gasteiger charge is 2.19. The fraction of sp³-hybridized carbons (Fsp3) is 0. The zero-order chi connectivity index (χ0) is 41.0. The van der Waals surface area contributed by atoms with Gasteiger partial charge in [-0.2, -0.15) is 0 Å². The highest BCUT2D eigenvalue weighted by molar-refractivity contribution is 6.00. The Bertz CT molecular complexity index is 3220. The average molecular weight is 779 g/mol. The van der Waals surface area contributed by atoms with Crippen LogP contribution in [-0.2, 0) is 0 Å². The predicted octanol–water partition coefficient (Wildman–Crippen LogP) is 14.9. The van der Waals surface area contributed by atoms with Gasteiger partial charge in [0, 0.05) is 81.8 Å². The number of aromatic nitrogens is 4. The van der Waals surface area contributed by atoms with E-state index in [1.165, 1.54) is 0 Å². The lowest BCUT2D eigenvalue weighted by Gasteiger charge is -2.07. The lowest BCUT2D eigenvalue weighted by Crippen LogP contribution is -1.89. The van der Waals surface area contributed by atoms with Crippen molar-refractivity contribution in [1.82, 2.24) is 19.9 Å². The molecule has 4 aromatic carbocycles. The van der Waals surface area contributed by atoms with Gasteiger partial charge in [-0.15, -0.1) is 5.39 Å². The summed E-state index contributed by atoms with van der Waals surface area (Å²) in [6.45, 7) is 0. The molecule has 0 aliphatic carbocycles. The SMILES string of the molecule is N#[N+][N-]c1ccc(-c2c3nc(c(-c4ccc(N=[N+]=[N-])cc4)c4ccc([nH]4)c(-c4ccc(N=[N+]=[N-])cc4)c4nc(c(-c5ccc(N=[N+]=[N-])cc5)c5ccc2[nH]5)C=C4)C=C3)cc1. The van der Waals surface area contributed by atoms with Gasteiger partial charge in [0.1, 0.15) is 0 Å². The summed E-state index contributed by atoms with van der Waals surface area (Å²) in [6.07, 6.45) is 7.87. The van der Waals surface area contributed by atoms with Crippen LogP contribution < -0.4 is 0 Å². The standard InChI is InChI=1S/C44H26N16/c45-57-53-29-9-1-25(2-10-29)41-33-17-19-35(49-33)42(26-3-11-30(12-4-26)54-58-46)37-21-23-39(51-37)44(28-7-15-32(16-8-28)56-60-48)40-24-22-38(52-40)43(36-20-18-34(41)50-36)27-5-13-31(14-6-27)55-59-47/h1-24,49,52H. The van der Waals surface area contributed by atoms with E-state index in [4.69, 9.17) is 32.0 Å². The fourth-order valence-corrected chi connectivity index (χ4v) is 7.41. The van der Waals surface area contributed by atoms with Gasteiger partial charge in [0.05, 0.1) is 27.9 Å². The van der Waals surface area contributed by atoms with E-state index in [1.54, 1.807) is 48.5 Å². The molecule has 16 heteroatoms. The number of hydrogen-bond acceptors (Lipinski definition) is 6. The number of aromatic amines is 2. The van der Waals surface area contributed by atoms with E-state index in [-0.39, 0.29) is 0 Å². The first kappa shape index (κ1) is 36.3. The molecule has 0 saturated carbocycles. The minimum absolute atomic E-state index is 0.474. The third-order valence-corrected chi connectivity index (χ3v) is 10.0. The van der Waals surface area contributed by atoms with Crippen LogP contribution in [0.15, 0.2) is 137 Å². The van der Waals surface area contributed by atoms with E-state index in [0.29, 0.717) is 45.5 Å². The molecule has 2 aliphatic heterocycles. The number of diazo groups is 1. The van der Waals surface area contributed by atoms with Crippen LogP contribution >= 0.6 is 0 Å². The second-order valence-electron chi connectivity index (χ2n) is 13.4. The molecule has 282 valence electrons. The summed E-state index contributed by atoms with van der Waals surface area (Å²) < 4.78 is 0. The first-order chi connectivity index (χ1) is 29.5. The Hall–Kier alpha value is -9.37. The van der Waals surface area contributed by atoms with Gasteiger partial charge in [-0.1, -0.05) is 112 Å². The van der Waals surface area contributed by atoms with Crippen molar-refractivity contribution in [2.45, 2.75) is 0 Å². The van der Waals surface area contributed by atoms with Gasteiger partial charge in [0.15, 0.2) is 0 Å². The second-order valence-corrected chi connectivity index (χ2v) is 13.4. The van der Waals surface area contributed by atoms with Gasteiger partial charge in [-0.05, 0) is 92.8 Å². The summed E-state index contributed by atoms with van der Waals surface area (Å²) in [7, 11) is 0. The quantitative estimate of drug-likeness (QED) is 0.0502. The lowest BCUT2D eigenvalue weighted by atomic mass is 10.0. The highest BCUT2D eigenvalue weighted by Crippen LogP contribution is 2.39. The normalized spacial score (nSPS) is 11.2. The summed E-state index contributed by atoms with van der Waals surface area (Å²) in [5.41, 5.74) is 45.2. The number of nitrogens with one attached hydrogen (secondary N) is 2. The Balaban J connectivity index is 1.43. The highest BCUT2D eigenvalue weighted by atomic mass is 15.3. The van der Waals surface area contributed by atoms with Crippen LogP contribution in [0.3, 0.4) is 0 Å². The summed E-state index contributed by atoms with van der Waals surface area (Å²) in [6, 6.07) is 37.2. The smallest absolute Gasteiger partial charge is 0.0875 e. The monoisotopic (exact) mass is 778 g/mol. The van der Waals surface area contributed by atoms with Gasteiger partial charge in [-0.3, -0.25) is 0 Å². The Labute approximate surface area is 339 Å². The Morgan fingerprint density at radius 2 is 0.700 bits per heavy atom. The molecular formula is C44H26N16. The number of azide groups is 4. The van der Waals surface area contributed by atoms with Crippen LogP contribution in [-0.4, -0.2) is 19.9 Å². The van der Waals surface area contributed by atoms with Crippen LogP contribution in [0.25, 0.3) is 133 Å². The number of hydrogen-bond donors (Lipinski definition) is 2. The zero-order valence-corrected chi connectivity index (χ0v) is 31.1. The van der Waals surface area contributed by atoms with E-state index in [2.05, 4.69) is 50.6 Å². The molecule has 0 saturated heterocycles. The van der Waals surface area contributed by atoms with Crippen molar-refractivity contribution in [3.63, 3.8) is 0 Å². The van der Waals surface area contributed by atoms with Crippen molar-refractivity contribution in [1.29, 1.82) is 5.39 Å². The summed E-state index contributed by atoms with van der Waals surface area (Å²) >= 11 is 0. The first-order valence-electron chi connectivity index (χ1n) is 18.3. The second kappa shape index (κ2) is 15.6. The van der Waals surface area contributed by atoms with Gasteiger partial charge >= 0.3 is 0 Å². The minimum Gasteiger partial charge on any atom is -0.354 e. The molecule has 0 atom stereocenters. The molecule has 0 amide bonds. The maximum atomic E-state index is 9.08. The lowest BCUT2D eigenvalue weighted by molar-refractivity contribution is 1.31. The third kappa shape index (κ3) is 6.88. The predicted molar refractivity (Wildman–Crippen MR) is 235 cm³/mol. The largest absolute Gasteiger partial charge is 0.354 e. The molecule has 0 unspecified atom stereocenters. The van der Waals surface area contributed by atoms with Crippen LogP contribution in [0, 0.1) is 5.39 Å². The van der Waals surface area contributed by atoms with Crippen LogP contribution in [0.4, 0.5) is 22.7 Å². The maximum absolute atomic E-state index is 9.08. The average Bonchev–Trinajstić information content (AvgIpc) is 4.12. The summed E-state index contributed by atoms with van der Waals surface area (Å²) in [4.78, 5) is 26.7. The Kier molecular flexibility index (Phi) is 9.46. The topological polar surface area (TPSA) is 246 Å². The molecule has 8 bridgehead atoms. The number of benzene rings is 4. The molecule has 16 nitrogen and oxygen atoms in total. The van der Waals surface area contributed by atoms with Crippen LogP contribution in [0.1, 0.15) is 22.8 Å². The molecule has 0 radical (unpaired) electrons. The van der Waals surface area contributed by atoms with Crippen LogP contribution in [0.5, 0.6) is 0 Å². The molecule has 0 fully saturated rings. The van der Waals surface area contributed by atoms with Gasteiger partial charge in [-0.25, -0.2) is 9.97 Å². The van der Waals surface area contributed by atoms with E-state index >= 15 is 0 Å². The van der Waals surface area contributed by atoms with E-state index in [0.717, 1.165) is 66.6 Å². The number of nitrogens with zero attached hydrogens (tertiary/aromatic N) is 14. The first-order valence-corrected chi connectivity index (χ1v) is 18.3. The molecule has 3 aromatic heterocycles. The van der Waals surface area contributed by atoms with Crippen molar-refractivity contribution >= 4 is 69.1 Å². The van der Waals surface area contributed by atoms with Gasteiger partial charge in [0.2, 0.25) is 0 Å². The third-order valence-electron chi connectivity index (χ3n) is 10.0.